The van der Waals surface area contributed by atoms with Crippen molar-refractivity contribution in [2.24, 2.45) is 16.7 Å². The number of aliphatic hydroxyl groups excluding tert-OH is 1. The van der Waals surface area contributed by atoms with E-state index in [4.69, 9.17) is 0 Å². The molecule has 4 heteroatoms. The van der Waals surface area contributed by atoms with Crippen molar-refractivity contribution in [3.05, 3.63) is 11.3 Å². The molecule has 3 nitrogen and oxygen atoms in total. The summed E-state index contributed by atoms with van der Waals surface area (Å²) in [7, 11) is -0.168. The number of fused-ring (bicyclic) bond motifs is 2. The van der Waals surface area contributed by atoms with E-state index < -0.39 is 0 Å². The van der Waals surface area contributed by atoms with E-state index in [1.807, 2.05) is 24.2 Å². The molecule has 1 N–H and O–H groups in total. The highest BCUT2D eigenvalue weighted by Gasteiger charge is 2.69. The Kier molecular flexibility index (Phi) is 4.61. The second-order valence-electron chi connectivity index (χ2n) is 7.43. The molecule has 0 heterocycles. The van der Waals surface area contributed by atoms with Gasteiger partial charge in [-0.3, -0.25) is 0 Å². The Balaban J connectivity index is 2.22. The summed E-state index contributed by atoms with van der Waals surface area (Å²) in [5.41, 5.74) is 0.181. The summed E-state index contributed by atoms with van der Waals surface area (Å²) in [6, 6.07) is 0. The Labute approximate surface area is 132 Å². The Bertz CT molecular complexity index is 419. The van der Waals surface area contributed by atoms with Gasteiger partial charge in [-0.05, 0) is 32.1 Å². The van der Waals surface area contributed by atoms with Gasteiger partial charge in [-0.15, -0.1) is 0 Å². The first kappa shape index (κ1) is 17.0. The first-order chi connectivity index (χ1) is 9.70. The summed E-state index contributed by atoms with van der Waals surface area (Å²) in [4.78, 5) is 1.86. The van der Waals surface area contributed by atoms with Crippen LogP contribution in [0.25, 0.3) is 0 Å². The van der Waals surface area contributed by atoms with Crippen LogP contribution in [0.1, 0.15) is 47.5 Å². The number of rotatable bonds is 5. The van der Waals surface area contributed by atoms with Crippen molar-refractivity contribution in [2.75, 3.05) is 19.3 Å². The van der Waals surface area contributed by atoms with Crippen LogP contribution in [-0.4, -0.2) is 40.7 Å². The third-order valence-electron chi connectivity index (χ3n) is 6.53. The van der Waals surface area contributed by atoms with Crippen LogP contribution in [0.3, 0.4) is 0 Å². The lowest BCUT2D eigenvalue weighted by Crippen LogP contribution is -2.43. The van der Waals surface area contributed by atoms with Crippen LogP contribution < -0.4 is 5.11 Å². The molecule has 2 rings (SSSR count). The Morgan fingerprint density at radius 3 is 2.33 bits per heavy atom. The highest BCUT2D eigenvalue weighted by Crippen LogP contribution is 2.66. The molecule has 0 aromatic rings. The van der Waals surface area contributed by atoms with Gasteiger partial charge in [0.1, 0.15) is 17.8 Å². The second kappa shape index (κ2) is 5.69. The topological polar surface area (TPSA) is 46.5 Å². The first-order valence-corrected chi connectivity index (χ1v) is 9.92. The van der Waals surface area contributed by atoms with Gasteiger partial charge in [0.15, 0.2) is 5.25 Å². The molecular weight excluding hydrogens is 282 g/mol. The summed E-state index contributed by atoms with van der Waals surface area (Å²) in [5.74, 6) is 0.662. The molecule has 0 aliphatic heterocycles. The normalized spacial score (nSPS) is 39.6. The largest absolute Gasteiger partial charge is 0.857 e. The molecule has 122 valence electrons. The van der Waals surface area contributed by atoms with Gasteiger partial charge in [0.05, 0.1) is 0 Å². The molecule has 0 radical (unpaired) electrons. The Hall–Kier alpha value is -0.350. The van der Waals surface area contributed by atoms with Crippen molar-refractivity contribution in [1.82, 2.24) is 4.90 Å². The van der Waals surface area contributed by atoms with Crippen LogP contribution in [0, 0.1) is 16.7 Å². The van der Waals surface area contributed by atoms with Gasteiger partial charge in [-0.25, -0.2) is 0 Å². The summed E-state index contributed by atoms with van der Waals surface area (Å²) < 4.78 is 0. The van der Waals surface area contributed by atoms with Crippen molar-refractivity contribution < 1.29 is 10.2 Å². The van der Waals surface area contributed by atoms with E-state index in [0.717, 1.165) is 19.5 Å². The van der Waals surface area contributed by atoms with Gasteiger partial charge in [-0.2, -0.15) is 0 Å². The van der Waals surface area contributed by atoms with Crippen molar-refractivity contribution in [3.63, 3.8) is 0 Å². The monoisotopic (exact) mass is 313 g/mol. The first-order valence-electron chi connectivity index (χ1n) is 8.16. The predicted molar refractivity (Wildman–Crippen MR) is 88.7 cm³/mol. The van der Waals surface area contributed by atoms with E-state index in [0.29, 0.717) is 5.92 Å². The number of hydrogen-bond donors (Lipinski definition) is 1. The van der Waals surface area contributed by atoms with Gasteiger partial charge in [0.2, 0.25) is 0 Å². The van der Waals surface area contributed by atoms with Crippen LogP contribution in [-0.2, 0) is 10.9 Å². The highest BCUT2D eigenvalue weighted by atomic mass is 32.2. The molecule has 0 aromatic heterocycles. The van der Waals surface area contributed by atoms with Gasteiger partial charge < -0.3 is 15.1 Å². The van der Waals surface area contributed by atoms with E-state index in [-0.39, 0.29) is 39.0 Å². The quantitative estimate of drug-likeness (QED) is 0.623. The molecule has 2 aliphatic carbocycles. The van der Waals surface area contributed by atoms with Gasteiger partial charge >= 0.3 is 0 Å². The summed E-state index contributed by atoms with van der Waals surface area (Å²) in [5, 5.41) is 25.3. The lowest BCUT2D eigenvalue weighted by Gasteiger charge is -2.36. The molecular formula is C17H31NO2S. The predicted octanol–water partition coefficient (Wildman–Crippen LogP) is 1.92. The summed E-state index contributed by atoms with van der Waals surface area (Å²) in [6.07, 6.45) is 4.16. The van der Waals surface area contributed by atoms with Crippen LogP contribution in [0.2, 0.25) is 0 Å². The molecule has 21 heavy (non-hydrogen) atoms. The Morgan fingerprint density at radius 1 is 1.33 bits per heavy atom. The molecule has 2 unspecified atom stereocenters. The Morgan fingerprint density at radius 2 is 1.90 bits per heavy atom. The van der Waals surface area contributed by atoms with Crippen molar-refractivity contribution in [2.45, 2.75) is 58.8 Å². The van der Waals surface area contributed by atoms with Gasteiger partial charge in [-0.1, -0.05) is 20.8 Å². The maximum atomic E-state index is 12.3. The molecule has 0 aromatic carbocycles. The lowest BCUT2D eigenvalue weighted by molar-refractivity contribution is -0.331. The third kappa shape index (κ3) is 2.39. The van der Waals surface area contributed by atoms with E-state index in [9.17, 15) is 10.2 Å². The fraction of sp³-hybridized carbons (Fsp3) is 0.882. The third-order valence-corrected chi connectivity index (χ3v) is 8.54. The zero-order valence-electron chi connectivity index (χ0n) is 14.3. The number of nitrogens with zero attached hydrogens (tertiary/aromatic N) is 1. The fourth-order valence-corrected chi connectivity index (χ4v) is 6.88. The van der Waals surface area contributed by atoms with Gasteiger partial charge in [0, 0.05) is 41.2 Å². The van der Waals surface area contributed by atoms with E-state index >= 15 is 0 Å². The highest BCUT2D eigenvalue weighted by molar-refractivity contribution is 7.99. The van der Waals surface area contributed by atoms with Gasteiger partial charge in [0.25, 0.3) is 0 Å². The average molecular weight is 314 g/mol. The van der Waals surface area contributed by atoms with Crippen LogP contribution in [0.5, 0.6) is 0 Å². The zero-order chi connectivity index (χ0) is 16.0. The summed E-state index contributed by atoms with van der Waals surface area (Å²) in [6.45, 7) is 12.4. The number of aliphatic hydroxyl groups is 1. The zero-order valence-corrected chi connectivity index (χ0v) is 15.2. The molecule has 2 saturated carbocycles. The van der Waals surface area contributed by atoms with Crippen LogP contribution >= 0.6 is 0 Å². The smallest absolute Gasteiger partial charge is 0.152 e. The fourth-order valence-electron chi connectivity index (χ4n) is 4.56. The molecule has 2 aliphatic rings. The molecule has 5 atom stereocenters. The minimum atomic E-state index is -0.277. The average Bonchev–Trinajstić information content (AvgIpc) is 2.72. The number of hydrogen-bond acceptors (Lipinski definition) is 3. The molecule has 0 spiro atoms. The maximum absolute atomic E-state index is 12.3. The van der Waals surface area contributed by atoms with E-state index in [2.05, 4.69) is 27.0 Å². The minimum Gasteiger partial charge on any atom is -0.857 e. The molecule has 2 fully saturated rings. The minimum absolute atomic E-state index is 0.00960. The van der Waals surface area contributed by atoms with Crippen molar-refractivity contribution >= 4 is 10.9 Å². The van der Waals surface area contributed by atoms with Crippen LogP contribution in [0.15, 0.2) is 11.3 Å². The van der Waals surface area contributed by atoms with E-state index in [1.165, 1.54) is 6.42 Å². The maximum Gasteiger partial charge on any atom is 0.152 e. The lowest BCUT2D eigenvalue weighted by atomic mass is 9.70. The molecule has 0 saturated heterocycles. The van der Waals surface area contributed by atoms with E-state index in [1.54, 1.807) is 0 Å². The second-order valence-corrected chi connectivity index (χ2v) is 9.42. The summed E-state index contributed by atoms with van der Waals surface area (Å²) >= 11 is 0. The molecule has 2 bridgehead atoms. The standard InChI is InChI=1S/C17H31NO2S/c1-7-18(8-2)13(19)11-21(6)14-12-9-10-17(5,15(14)20)16(12,3)4/h11-12,14-15,20H,7-10H2,1-6H3/t12-,14-,15?,17+,21?/m1/s1. The SMILES string of the molecule is CCN(CC)C([O-])=C[S+](C)[C@H]1C(O)[C@]2(C)CC[C@H]1C2(C)C. The van der Waals surface area contributed by atoms with Crippen molar-refractivity contribution in [3.8, 4) is 0 Å². The molecule has 0 amide bonds. The van der Waals surface area contributed by atoms with Crippen molar-refractivity contribution in [1.29, 1.82) is 0 Å². The van der Waals surface area contributed by atoms with Crippen LogP contribution in [0.4, 0.5) is 0 Å².